The van der Waals surface area contributed by atoms with Gasteiger partial charge >= 0.3 is 0 Å². The average molecular weight is 317 g/mol. The van der Waals surface area contributed by atoms with E-state index < -0.39 is 0 Å². The van der Waals surface area contributed by atoms with Gasteiger partial charge in [-0.1, -0.05) is 34.1 Å². The first-order chi connectivity index (χ1) is 9.24. The monoisotopic (exact) mass is 316 g/mol. The third-order valence-corrected chi connectivity index (χ3v) is 3.02. The van der Waals surface area contributed by atoms with E-state index in [1.807, 2.05) is 36.4 Å². The normalized spacial score (nSPS) is 10.6. The zero-order chi connectivity index (χ0) is 13.5. The standard InChI is InChI=1S/C15H13BrN2O/c16-14-6-3-12(4-7-14)5-8-15(19)18-11-13-2-1-9-17-10-13/h1-10H,11H2,(H,18,19). The van der Waals surface area contributed by atoms with Gasteiger partial charge in [-0.3, -0.25) is 9.78 Å². The molecular formula is C15H13BrN2O. The molecule has 0 atom stereocenters. The number of benzene rings is 1. The molecule has 96 valence electrons. The second kappa shape index (κ2) is 6.85. The lowest BCUT2D eigenvalue weighted by Gasteiger charge is -2.01. The molecule has 0 bridgehead atoms. The molecule has 0 aliphatic heterocycles. The Bertz CT molecular complexity index is 564. The lowest BCUT2D eigenvalue weighted by atomic mass is 10.2. The maximum absolute atomic E-state index is 11.6. The predicted molar refractivity (Wildman–Crippen MR) is 79.3 cm³/mol. The van der Waals surface area contributed by atoms with Crippen LogP contribution in [0.15, 0.2) is 59.3 Å². The number of amides is 1. The summed E-state index contributed by atoms with van der Waals surface area (Å²) < 4.78 is 1.02. The first-order valence-corrected chi connectivity index (χ1v) is 6.64. The topological polar surface area (TPSA) is 42.0 Å². The molecule has 1 amide bonds. The zero-order valence-corrected chi connectivity index (χ0v) is 11.8. The van der Waals surface area contributed by atoms with Gasteiger partial charge in [-0.15, -0.1) is 0 Å². The fourth-order valence-electron chi connectivity index (χ4n) is 1.50. The van der Waals surface area contributed by atoms with E-state index in [1.165, 1.54) is 6.08 Å². The molecule has 1 heterocycles. The Morgan fingerprint density at radius 1 is 1.26 bits per heavy atom. The third-order valence-electron chi connectivity index (χ3n) is 2.49. The lowest BCUT2D eigenvalue weighted by Crippen LogP contribution is -2.20. The molecule has 2 rings (SSSR count). The highest BCUT2D eigenvalue weighted by Gasteiger charge is 1.96. The van der Waals surface area contributed by atoms with Crippen LogP contribution < -0.4 is 5.32 Å². The number of hydrogen-bond donors (Lipinski definition) is 1. The SMILES string of the molecule is O=C(C=Cc1ccc(Br)cc1)NCc1cccnc1. The van der Waals surface area contributed by atoms with Gasteiger partial charge in [0.25, 0.3) is 0 Å². The Morgan fingerprint density at radius 2 is 2.05 bits per heavy atom. The van der Waals surface area contributed by atoms with E-state index in [1.54, 1.807) is 18.5 Å². The Morgan fingerprint density at radius 3 is 2.74 bits per heavy atom. The number of hydrogen-bond acceptors (Lipinski definition) is 2. The zero-order valence-electron chi connectivity index (χ0n) is 10.2. The van der Waals surface area contributed by atoms with Crippen LogP contribution in [0, 0.1) is 0 Å². The van der Waals surface area contributed by atoms with Crippen LogP contribution in [-0.4, -0.2) is 10.9 Å². The van der Waals surface area contributed by atoms with Gasteiger partial charge < -0.3 is 5.32 Å². The van der Waals surface area contributed by atoms with Crippen LogP contribution in [0.4, 0.5) is 0 Å². The number of carbonyl (C=O) groups excluding carboxylic acids is 1. The largest absolute Gasteiger partial charge is 0.348 e. The van der Waals surface area contributed by atoms with Crippen LogP contribution in [0.25, 0.3) is 6.08 Å². The molecule has 1 aromatic heterocycles. The minimum absolute atomic E-state index is 0.119. The number of halogens is 1. The van der Waals surface area contributed by atoms with E-state index >= 15 is 0 Å². The minimum Gasteiger partial charge on any atom is -0.348 e. The van der Waals surface area contributed by atoms with Crippen LogP contribution in [-0.2, 0) is 11.3 Å². The van der Waals surface area contributed by atoms with Crippen molar-refractivity contribution in [2.75, 3.05) is 0 Å². The van der Waals surface area contributed by atoms with Crippen molar-refractivity contribution < 1.29 is 4.79 Å². The van der Waals surface area contributed by atoms with Gasteiger partial charge in [-0.25, -0.2) is 0 Å². The van der Waals surface area contributed by atoms with Gasteiger partial charge in [0.05, 0.1) is 0 Å². The second-order valence-corrected chi connectivity index (χ2v) is 4.88. The molecule has 2 aromatic rings. The molecule has 4 heteroatoms. The molecule has 0 saturated carbocycles. The fraction of sp³-hybridized carbons (Fsp3) is 0.0667. The molecule has 0 aliphatic carbocycles. The number of nitrogens with one attached hydrogen (secondary N) is 1. The number of nitrogens with zero attached hydrogens (tertiary/aromatic N) is 1. The van der Waals surface area contributed by atoms with Gasteiger partial charge in [0.15, 0.2) is 0 Å². The van der Waals surface area contributed by atoms with Gasteiger partial charge in [0.2, 0.25) is 5.91 Å². The maximum atomic E-state index is 11.6. The molecule has 3 nitrogen and oxygen atoms in total. The van der Waals surface area contributed by atoms with E-state index in [0.717, 1.165) is 15.6 Å². The predicted octanol–water partition coefficient (Wildman–Crippen LogP) is 3.17. The highest BCUT2D eigenvalue weighted by molar-refractivity contribution is 9.10. The molecule has 1 aromatic carbocycles. The van der Waals surface area contributed by atoms with Crippen molar-refractivity contribution in [2.24, 2.45) is 0 Å². The fourth-order valence-corrected chi connectivity index (χ4v) is 1.76. The first kappa shape index (κ1) is 13.5. The van der Waals surface area contributed by atoms with Crippen LogP contribution in [0.2, 0.25) is 0 Å². The summed E-state index contributed by atoms with van der Waals surface area (Å²) in [5.74, 6) is -0.119. The number of carbonyl (C=O) groups is 1. The summed E-state index contributed by atoms with van der Waals surface area (Å²) in [6, 6.07) is 11.5. The van der Waals surface area contributed by atoms with Crippen LogP contribution in [0.3, 0.4) is 0 Å². The minimum atomic E-state index is -0.119. The van der Waals surface area contributed by atoms with E-state index in [2.05, 4.69) is 26.2 Å². The average Bonchev–Trinajstić information content (AvgIpc) is 2.45. The molecule has 0 fully saturated rings. The molecular weight excluding hydrogens is 304 g/mol. The third kappa shape index (κ3) is 4.67. The molecule has 0 radical (unpaired) electrons. The number of aromatic nitrogens is 1. The Labute approximate surface area is 120 Å². The summed E-state index contributed by atoms with van der Waals surface area (Å²) >= 11 is 3.37. The van der Waals surface area contributed by atoms with E-state index in [0.29, 0.717) is 6.54 Å². The smallest absolute Gasteiger partial charge is 0.244 e. The van der Waals surface area contributed by atoms with Gasteiger partial charge in [0, 0.05) is 29.5 Å². The van der Waals surface area contributed by atoms with Crippen molar-refractivity contribution in [1.29, 1.82) is 0 Å². The van der Waals surface area contributed by atoms with Crippen LogP contribution >= 0.6 is 15.9 Å². The van der Waals surface area contributed by atoms with Crippen molar-refractivity contribution in [3.63, 3.8) is 0 Å². The first-order valence-electron chi connectivity index (χ1n) is 5.84. The quantitative estimate of drug-likeness (QED) is 0.880. The van der Waals surface area contributed by atoms with E-state index in [4.69, 9.17) is 0 Å². The summed E-state index contributed by atoms with van der Waals surface area (Å²) in [6.45, 7) is 0.483. The summed E-state index contributed by atoms with van der Waals surface area (Å²) in [5.41, 5.74) is 1.97. The van der Waals surface area contributed by atoms with Crippen molar-refractivity contribution in [2.45, 2.75) is 6.54 Å². The summed E-state index contributed by atoms with van der Waals surface area (Å²) in [4.78, 5) is 15.6. The van der Waals surface area contributed by atoms with Crippen molar-refractivity contribution in [3.8, 4) is 0 Å². The van der Waals surface area contributed by atoms with Crippen LogP contribution in [0.5, 0.6) is 0 Å². The maximum Gasteiger partial charge on any atom is 0.244 e. The highest BCUT2D eigenvalue weighted by Crippen LogP contribution is 2.11. The molecule has 0 saturated heterocycles. The molecule has 1 N–H and O–H groups in total. The molecule has 0 aliphatic rings. The Hall–Kier alpha value is -1.94. The van der Waals surface area contributed by atoms with Gasteiger partial charge in [-0.05, 0) is 35.4 Å². The lowest BCUT2D eigenvalue weighted by molar-refractivity contribution is -0.116. The van der Waals surface area contributed by atoms with Crippen molar-refractivity contribution >= 4 is 27.9 Å². The molecule has 0 unspecified atom stereocenters. The summed E-state index contributed by atoms with van der Waals surface area (Å²) in [7, 11) is 0. The van der Waals surface area contributed by atoms with E-state index in [9.17, 15) is 4.79 Å². The summed E-state index contributed by atoms with van der Waals surface area (Å²) in [6.07, 6.45) is 6.75. The van der Waals surface area contributed by atoms with Crippen molar-refractivity contribution in [1.82, 2.24) is 10.3 Å². The van der Waals surface area contributed by atoms with Gasteiger partial charge in [0.1, 0.15) is 0 Å². The number of rotatable bonds is 4. The van der Waals surface area contributed by atoms with Crippen molar-refractivity contribution in [3.05, 3.63) is 70.5 Å². The molecule has 19 heavy (non-hydrogen) atoms. The number of pyridine rings is 1. The Balaban J connectivity index is 1.86. The van der Waals surface area contributed by atoms with Gasteiger partial charge in [-0.2, -0.15) is 0 Å². The van der Waals surface area contributed by atoms with E-state index in [-0.39, 0.29) is 5.91 Å². The van der Waals surface area contributed by atoms with Crippen LogP contribution in [0.1, 0.15) is 11.1 Å². The Kier molecular flexibility index (Phi) is 4.86. The molecule has 0 spiro atoms. The second-order valence-electron chi connectivity index (χ2n) is 3.96. The summed E-state index contributed by atoms with van der Waals surface area (Å²) in [5, 5.41) is 2.81. The highest BCUT2D eigenvalue weighted by atomic mass is 79.9.